The highest BCUT2D eigenvalue weighted by Crippen LogP contribution is 2.45. The van der Waals surface area contributed by atoms with Crippen molar-refractivity contribution in [2.24, 2.45) is 0 Å². The van der Waals surface area contributed by atoms with Gasteiger partial charge < -0.3 is 9.13 Å². The lowest BCUT2D eigenvalue weighted by Gasteiger charge is -2.18. The molecule has 9 aromatic rings. The normalized spacial score (nSPS) is 11.1. The maximum absolute atomic E-state index is 9.70. The summed E-state index contributed by atoms with van der Waals surface area (Å²) in [7, 11) is 0. The summed E-state index contributed by atoms with van der Waals surface area (Å²) in [6, 6.07) is 53.5. The van der Waals surface area contributed by atoms with Crippen LogP contribution in [0, 0.1) is 24.5 Å². The summed E-state index contributed by atoms with van der Waals surface area (Å²) in [6.45, 7) is 16.2. The zero-order valence-corrected chi connectivity index (χ0v) is 26.7. The molecule has 0 aliphatic heterocycles. The zero-order chi connectivity index (χ0) is 33.8. The van der Waals surface area contributed by atoms with E-state index >= 15 is 0 Å². The minimum absolute atomic E-state index is 0.329. The second-order valence-electron chi connectivity index (χ2n) is 12.3. The number of benzene rings is 7. The first kappa shape index (κ1) is 28.8. The average molecular weight is 636 g/mol. The Labute approximate surface area is 288 Å². The van der Waals surface area contributed by atoms with E-state index in [0.29, 0.717) is 22.6 Å². The first-order valence-corrected chi connectivity index (χ1v) is 16.2. The Balaban J connectivity index is 1.25. The Kier molecular flexibility index (Phi) is 6.56. The third kappa shape index (κ3) is 4.31. The van der Waals surface area contributed by atoms with Crippen molar-refractivity contribution in [2.75, 3.05) is 0 Å². The van der Waals surface area contributed by atoms with E-state index in [-0.39, 0.29) is 0 Å². The van der Waals surface area contributed by atoms with E-state index in [0.717, 1.165) is 71.6 Å². The van der Waals surface area contributed by atoms with Gasteiger partial charge in [0.15, 0.2) is 5.69 Å². The Bertz CT molecular complexity index is 2920. The molecule has 0 radical (unpaired) electrons. The van der Waals surface area contributed by atoms with E-state index in [1.165, 1.54) is 0 Å². The molecule has 5 heteroatoms. The molecular formula is C45H25N5. The number of hydrogen-bond acceptors (Lipinski definition) is 1. The zero-order valence-electron chi connectivity index (χ0n) is 26.7. The van der Waals surface area contributed by atoms with Gasteiger partial charge in [0.1, 0.15) is 0 Å². The maximum Gasteiger partial charge on any atom is 0.218 e. The third-order valence-corrected chi connectivity index (χ3v) is 9.58. The van der Waals surface area contributed by atoms with Crippen LogP contribution in [0.4, 0.5) is 11.4 Å². The standard InChI is InChI=1S/C45H25N5/c1-47-39-24-23-34(45(44(39)48-2)50-41-19-7-4-15-35(41)36-16-5-8-20-42(36)50)32-13-9-11-30(26-32)31-12-10-14-33(27-31)49-40-18-6-3-17-37(40)38-22-21-29(28-46)25-43(38)49/h3-27H. The Morgan fingerprint density at radius 3 is 1.70 bits per heavy atom. The van der Waals surface area contributed by atoms with Crippen molar-refractivity contribution in [2.45, 2.75) is 0 Å². The van der Waals surface area contributed by atoms with E-state index in [1.54, 1.807) is 6.07 Å². The van der Waals surface area contributed by atoms with Crippen LogP contribution in [0.3, 0.4) is 0 Å². The molecule has 9 rings (SSSR count). The highest BCUT2D eigenvalue weighted by molar-refractivity contribution is 6.11. The fourth-order valence-electron chi connectivity index (χ4n) is 7.40. The van der Waals surface area contributed by atoms with Crippen LogP contribution < -0.4 is 0 Å². The highest BCUT2D eigenvalue weighted by Gasteiger charge is 2.22. The van der Waals surface area contributed by atoms with Crippen LogP contribution >= 0.6 is 0 Å². The molecule has 7 aromatic carbocycles. The summed E-state index contributed by atoms with van der Waals surface area (Å²) < 4.78 is 4.37. The van der Waals surface area contributed by atoms with Gasteiger partial charge in [0.05, 0.1) is 46.8 Å². The lowest BCUT2D eigenvalue weighted by molar-refractivity contribution is 1.18. The van der Waals surface area contributed by atoms with Crippen LogP contribution in [-0.2, 0) is 0 Å². The molecule has 0 saturated heterocycles. The first-order chi connectivity index (χ1) is 24.7. The molecule has 0 bridgehead atoms. The number of para-hydroxylation sites is 3. The number of hydrogen-bond donors (Lipinski definition) is 0. The topological polar surface area (TPSA) is 42.4 Å². The van der Waals surface area contributed by atoms with Crippen LogP contribution in [0.2, 0.25) is 0 Å². The smallest absolute Gasteiger partial charge is 0.218 e. The number of aromatic nitrogens is 2. The van der Waals surface area contributed by atoms with Crippen molar-refractivity contribution in [3.63, 3.8) is 0 Å². The van der Waals surface area contributed by atoms with Gasteiger partial charge in [0.25, 0.3) is 0 Å². The van der Waals surface area contributed by atoms with E-state index in [9.17, 15) is 5.26 Å². The molecule has 50 heavy (non-hydrogen) atoms. The summed E-state index contributed by atoms with van der Waals surface area (Å²) >= 11 is 0. The highest BCUT2D eigenvalue weighted by atomic mass is 15.0. The van der Waals surface area contributed by atoms with Gasteiger partial charge in [-0.05, 0) is 70.8 Å². The Hall–Kier alpha value is -7.39. The van der Waals surface area contributed by atoms with Gasteiger partial charge in [-0.25, -0.2) is 4.85 Å². The largest absolute Gasteiger partial charge is 0.320 e. The van der Waals surface area contributed by atoms with Gasteiger partial charge in [-0.1, -0.05) is 103 Å². The molecule has 0 saturated carbocycles. The van der Waals surface area contributed by atoms with Crippen LogP contribution in [0.15, 0.2) is 152 Å². The Morgan fingerprint density at radius 1 is 0.480 bits per heavy atom. The van der Waals surface area contributed by atoms with Gasteiger partial charge in [-0.15, -0.1) is 0 Å². The second-order valence-corrected chi connectivity index (χ2v) is 12.3. The first-order valence-electron chi connectivity index (χ1n) is 16.2. The van der Waals surface area contributed by atoms with Crippen molar-refractivity contribution in [1.29, 1.82) is 5.26 Å². The summed E-state index contributed by atoms with van der Waals surface area (Å²) in [6.07, 6.45) is 0. The van der Waals surface area contributed by atoms with Crippen molar-refractivity contribution >= 4 is 55.0 Å². The van der Waals surface area contributed by atoms with Crippen LogP contribution in [-0.4, -0.2) is 9.13 Å². The predicted molar refractivity (Wildman–Crippen MR) is 203 cm³/mol. The molecule has 230 valence electrons. The summed E-state index contributed by atoms with van der Waals surface area (Å²) in [4.78, 5) is 7.74. The molecule has 0 fully saturated rings. The van der Waals surface area contributed by atoms with Gasteiger partial charge in [-0.2, -0.15) is 5.26 Å². The number of nitriles is 1. The van der Waals surface area contributed by atoms with Crippen LogP contribution in [0.25, 0.3) is 86.9 Å². The molecule has 0 unspecified atom stereocenters. The molecule has 0 spiro atoms. The van der Waals surface area contributed by atoms with E-state index < -0.39 is 0 Å². The van der Waals surface area contributed by atoms with E-state index in [1.807, 2.05) is 66.7 Å². The minimum atomic E-state index is 0.329. The lowest BCUT2D eigenvalue weighted by atomic mass is 9.96. The fraction of sp³-hybridized carbons (Fsp3) is 0. The molecule has 5 nitrogen and oxygen atoms in total. The molecule has 0 aliphatic rings. The van der Waals surface area contributed by atoms with Crippen molar-refractivity contribution in [3.05, 3.63) is 180 Å². The average Bonchev–Trinajstić information content (AvgIpc) is 3.69. The van der Waals surface area contributed by atoms with Crippen molar-refractivity contribution in [1.82, 2.24) is 9.13 Å². The summed E-state index contributed by atoms with van der Waals surface area (Å²) in [5.41, 5.74) is 10.9. The molecular weight excluding hydrogens is 611 g/mol. The molecule has 2 heterocycles. The van der Waals surface area contributed by atoms with Crippen LogP contribution in [0.5, 0.6) is 0 Å². The maximum atomic E-state index is 9.70. The monoisotopic (exact) mass is 635 g/mol. The molecule has 0 amide bonds. The van der Waals surface area contributed by atoms with Crippen molar-refractivity contribution < 1.29 is 0 Å². The number of fused-ring (bicyclic) bond motifs is 6. The van der Waals surface area contributed by atoms with Gasteiger partial charge in [-0.3, -0.25) is 4.85 Å². The number of nitrogens with zero attached hydrogens (tertiary/aromatic N) is 5. The molecule has 2 aromatic heterocycles. The van der Waals surface area contributed by atoms with Gasteiger partial charge in [0, 0.05) is 32.9 Å². The van der Waals surface area contributed by atoms with E-state index in [4.69, 9.17) is 13.1 Å². The molecule has 0 aliphatic carbocycles. The second kappa shape index (κ2) is 11.4. The number of rotatable bonds is 4. The third-order valence-electron chi connectivity index (χ3n) is 9.58. The molecule has 0 N–H and O–H groups in total. The lowest BCUT2D eigenvalue weighted by Crippen LogP contribution is -1.98. The van der Waals surface area contributed by atoms with Gasteiger partial charge in [0.2, 0.25) is 5.69 Å². The summed E-state index contributed by atoms with van der Waals surface area (Å²) in [5.74, 6) is 0. The quantitative estimate of drug-likeness (QED) is 0.177. The SMILES string of the molecule is [C-]#[N+]c1ccc(-c2cccc(-c3cccc(-n4c5ccccc5c5ccc(C#N)cc54)c3)c2)c(-n2c3ccccc3c3ccccc32)c1[N+]#[C-]. The van der Waals surface area contributed by atoms with Gasteiger partial charge >= 0.3 is 0 Å². The van der Waals surface area contributed by atoms with E-state index in [2.05, 4.69) is 104 Å². The van der Waals surface area contributed by atoms with Crippen LogP contribution in [0.1, 0.15) is 5.56 Å². The minimum Gasteiger partial charge on any atom is -0.320 e. The predicted octanol–water partition coefficient (Wildman–Crippen LogP) is 12.2. The van der Waals surface area contributed by atoms with Crippen molar-refractivity contribution in [3.8, 4) is 39.7 Å². The fourth-order valence-corrected chi connectivity index (χ4v) is 7.40. The Morgan fingerprint density at radius 2 is 1.06 bits per heavy atom. The molecule has 0 atom stereocenters. The summed E-state index contributed by atoms with van der Waals surface area (Å²) in [5, 5.41) is 14.1.